The number of anilines is 1. The van der Waals surface area contributed by atoms with E-state index in [1.165, 1.54) is 0 Å². The Kier molecular flexibility index (Phi) is 5.00. The topological polar surface area (TPSA) is 66.4 Å². The molecule has 0 fully saturated rings. The van der Waals surface area contributed by atoms with E-state index < -0.39 is 47.4 Å². The largest absolute Gasteiger partial charge is 0.481 e. The molecule has 120 valence electrons. The maximum absolute atomic E-state index is 13.5. The lowest BCUT2D eigenvalue weighted by molar-refractivity contribution is -0.140. The van der Waals surface area contributed by atoms with Gasteiger partial charge in [-0.15, -0.1) is 0 Å². The smallest absolute Gasteiger partial charge is 0.311 e. The summed E-state index contributed by atoms with van der Waals surface area (Å²) in [4.78, 5) is 23.2. The second-order valence-electron chi connectivity index (χ2n) is 4.78. The number of carboxylic acids is 1. The quantitative estimate of drug-likeness (QED) is 0.830. The first kappa shape index (κ1) is 16.5. The van der Waals surface area contributed by atoms with E-state index in [9.17, 15) is 27.9 Å². The highest BCUT2D eigenvalue weighted by Gasteiger charge is 2.24. The summed E-state index contributed by atoms with van der Waals surface area (Å²) in [6.45, 7) is 0. The second kappa shape index (κ2) is 6.95. The molecule has 7 heteroatoms. The molecule has 4 nitrogen and oxygen atoms in total. The van der Waals surface area contributed by atoms with Crippen LogP contribution in [0.4, 0.5) is 18.9 Å². The first-order valence-corrected chi connectivity index (χ1v) is 6.61. The molecule has 0 radical (unpaired) electrons. The van der Waals surface area contributed by atoms with E-state index >= 15 is 0 Å². The number of nitrogens with one attached hydrogen (secondary N) is 1. The third-order valence-electron chi connectivity index (χ3n) is 3.20. The Morgan fingerprint density at radius 1 is 1.00 bits per heavy atom. The predicted octanol–water partition coefficient (Wildman–Crippen LogP) is 3.30. The van der Waals surface area contributed by atoms with Gasteiger partial charge in [0.25, 0.3) is 0 Å². The number of hydrogen-bond donors (Lipinski definition) is 2. The molecule has 2 aromatic rings. The van der Waals surface area contributed by atoms with Gasteiger partial charge in [-0.25, -0.2) is 13.2 Å². The Hall–Kier alpha value is -2.83. The van der Waals surface area contributed by atoms with Gasteiger partial charge in [-0.3, -0.25) is 9.59 Å². The van der Waals surface area contributed by atoms with Crippen molar-refractivity contribution in [3.8, 4) is 0 Å². The van der Waals surface area contributed by atoms with E-state index in [2.05, 4.69) is 0 Å². The number of rotatable bonds is 5. The molecule has 0 heterocycles. The summed E-state index contributed by atoms with van der Waals surface area (Å²) >= 11 is 0. The number of benzene rings is 2. The van der Waals surface area contributed by atoms with E-state index in [0.717, 1.165) is 6.07 Å². The van der Waals surface area contributed by atoms with Crippen molar-refractivity contribution in [2.75, 3.05) is 5.32 Å². The maximum Gasteiger partial charge on any atom is 0.311 e. The molecule has 0 saturated heterocycles. The van der Waals surface area contributed by atoms with Crippen LogP contribution < -0.4 is 5.32 Å². The van der Waals surface area contributed by atoms with Gasteiger partial charge in [0.1, 0.15) is 0 Å². The highest BCUT2D eigenvalue weighted by Crippen LogP contribution is 2.23. The molecule has 23 heavy (non-hydrogen) atoms. The molecule has 0 aromatic heterocycles. The lowest BCUT2D eigenvalue weighted by Crippen LogP contribution is -2.21. The van der Waals surface area contributed by atoms with Crippen LogP contribution in [0.15, 0.2) is 42.5 Å². The third kappa shape index (κ3) is 3.88. The van der Waals surface area contributed by atoms with Crippen LogP contribution in [-0.2, 0) is 9.59 Å². The van der Waals surface area contributed by atoms with Gasteiger partial charge in [0.2, 0.25) is 5.91 Å². The molecule has 2 aromatic carbocycles. The zero-order valence-electron chi connectivity index (χ0n) is 11.7. The Morgan fingerprint density at radius 3 is 2.26 bits per heavy atom. The predicted molar refractivity (Wildman–Crippen MR) is 76.4 cm³/mol. The van der Waals surface area contributed by atoms with Crippen LogP contribution in [0.5, 0.6) is 0 Å². The Labute approximate surface area is 129 Å². The Balaban J connectivity index is 2.15. The number of hydrogen-bond acceptors (Lipinski definition) is 2. The normalized spacial score (nSPS) is 11.8. The van der Waals surface area contributed by atoms with E-state index in [-0.39, 0.29) is 0 Å². The molecule has 0 unspecified atom stereocenters. The molecular formula is C16H12F3NO3. The number of halogens is 3. The molecule has 1 amide bonds. The molecule has 0 aliphatic carbocycles. The van der Waals surface area contributed by atoms with Crippen molar-refractivity contribution in [1.82, 2.24) is 0 Å². The molecule has 0 aliphatic rings. The number of aliphatic carboxylic acids is 1. The van der Waals surface area contributed by atoms with Gasteiger partial charge in [-0.1, -0.05) is 30.3 Å². The summed E-state index contributed by atoms with van der Waals surface area (Å²) in [5.74, 6) is -7.81. The first-order chi connectivity index (χ1) is 10.9. The van der Waals surface area contributed by atoms with Crippen molar-refractivity contribution < 1.29 is 27.9 Å². The van der Waals surface area contributed by atoms with Gasteiger partial charge in [-0.05, 0) is 17.7 Å². The van der Waals surface area contributed by atoms with Crippen molar-refractivity contribution in [2.45, 2.75) is 12.3 Å². The Bertz CT molecular complexity index is 735. The van der Waals surface area contributed by atoms with Crippen molar-refractivity contribution in [3.05, 3.63) is 65.5 Å². The molecule has 0 spiro atoms. The minimum absolute atomic E-state index is 0.404. The van der Waals surface area contributed by atoms with Crippen molar-refractivity contribution >= 4 is 17.6 Å². The summed E-state index contributed by atoms with van der Waals surface area (Å²) in [5.41, 5.74) is -0.146. The zero-order valence-corrected chi connectivity index (χ0v) is 11.7. The van der Waals surface area contributed by atoms with Crippen molar-refractivity contribution in [1.29, 1.82) is 0 Å². The fourth-order valence-corrected chi connectivity index (χ4v) is 2.04. The monoisotopic (exact) mass is 323 g/mol. The number of amides is 1. The number of carbonyl (C=O) groups excluding carboxylic acids is 1. The summed E-state index contributed by atoms with van der Waals surface area (Å²) < 4.78 is 39.4. The SMILES string of the molecule is O=C(C[C@H](C(=O)O)c1ccccc1)Nc1ccc(F)c(F)c1F. The van der Waals surface area contributed by atoms with Gasteiger partial charge in [0.15, 0.2) is 17.5 Å². The van der Waals surface area contributed by atoms with Gasteiger partial charge >= 0.3 is 5.97 Å². The van der Waals surface area contributed by atoms with E-state index in [4.69, 9.17) is 0 Å². The molecular weight excluding hydrogens is 311 g/mol. The van der Waals surface area contributed by atoms with Crippen LogP contribution in [0.3, 0.4) is 0 Å². The standard InChI is InChI=1S/C16H12F3NO3/c17-11-6-7-12(15(19)14(11)18)20-13(21)8-10(16(22)23)9-4-2-1-3-5-9/h1-7,10H,8H2,(H,20,21)(H,22,23)/t10-/m0/s1. The lowest BCUT2D eigenvalue weighted by atomic mass is 9.95. The van der Waals surface area contributed by atoms with Gasteiger partial charge in [-0.2, -0.15) is 0 Å². The summed E-state index contributed by atoms with van der Waals surface area (Å²) in [5, 5.41) is 11.3. The van der Waals surface area contributed by atoms with Gasteiger partial charge < -0.3 is 10.4 Å². The number of carboxylic acid groups (broad SMARTS) is 1. The van der Waals surface area contributed by atoms with Crippen LogP contribution >= 0.6 is 0 Å². The van der Waals surface area contributed by atoms with E-state index in [0.29, 0.717) is 11.6 Å². The highest BCUT2D eigenvalue weighted by molar-refractivity contribution is 5.94. The third-order valence-corrected chi connectivity index (χ3v) is 3.20. The van der Waals surface area contributed by atoms with Crippen molar-refractivity contribution in [2.24, 2.45) is 0 Å². The molecule has 0 saturated carbocycles. The van der Waals surface area contributed by atoms with Gasteiger partial charge in [0.05, 0.1) is 11.6 Å². The molecule has 0 aliphatic heterocycles. The average Bonchev–Trinajstić information content (AvgIpc) is 2.54. The van der Waals surface area contributed by atoms with E-state index in [1.54, 1.807) is 30.3 Å². The molecule has 1 atom stereocenters. The second-order valence-corrected chi connectivity index (χ2v) is 4.78. The van der Waals surface area contributed by atoms with Crippen LogP contribution in [0.2, 0.25) is 0 Å². The minimum atomic E-state index is -1.71. The maximum atomic E-state index is 13.5. The first-order valence-electron chi connectivity index (χ1n) is 6.61. The van der Waals surface area contributed by atoms with Crippen LogP contribution in [0.25, 0.3) is 0 Å². The molecule has 2 N–H and O–H groups in total. The Morgan fingerprint density at radius 2 is 1.65 bits per heavy atom. The summed E-state index contributed by atoms with van der Waals surface area (Å²) in [6.07, 6.45) is -0.474. The average molecular weight is 323 g/mol. The summed E-state index contributed by atoms with van der Waals surface area (Å²) in [6, 6.07) is 9.56. The van der Waals surface area contributed by atoms with Gasteiger partial charge in [0, 0.05) is 6.42 Å². The van der Waals surface area contributed by atoms with Crippen LogP contribution in [-0.4, -0.2) is 17.0 Å². The zero-order chi connectivity index (χ0) is 17.0. The van der Waals surface area contributed by atoms with Crippen LogP contribution in [0.1, 0.15) is 17.9 Å². The minimum Gasteiger partial charge on any atom is -0.481 e. The van der Waals surface area contributed by atoms with Crippen LogP contribution in [0, 0.1) is 17.5 Å². The molecule has 0 bridgehead atoms. The molecule has 2 rings (SSSR count). The summed E-state index contributed by atoms with van der Waals surface area (Å²) in [7, 11) is 0. The fraction of sp³-hybridized carbons (Fsp3) is 0.125. The highest BCUT2D eigenvalue weighted by atomic mass is 19.2. The van der Waals surface area contributed by atoms with Crippen molar-refractivity contribution in [3.63, 3.8) is 0 Å². The lowest BCUT2D eigenvalue weighted by Gasteiger charge is -2.13. The fourth-order valence-electron chi connectivity index (χ4n) is 2.04. The number of carbonyl (C=O) groups is 2. The van der Waals surface area contributed by atoms with E-state index in [1.807, 2.05) is 5.32 Å².